The van der Waals surface area contributed by atoms with Gasteiger partial charge in [-0.2, -0.15) is 5.10 Å². The highest BCUT2D eigenvalue weighted by Crippen LogP contribution is 2.64. The van der Waals surface area contributed by atoms with Gasteiger partial charge in [0.15, 0.2) is 0 Å². The first-order valence-electron chi connectivity index (χ1n) is 14.2. The summed E-state index contributed by atoms with van der Waals surface area (Å²) < 4.78 is 23.1. The van der Waals surface area contributed by atoms with Gasteiger partial charge in [-0.05, 0) is 54.7 Å². The number of hydrogen-bond donors (Lipinski definition) is 1. The summed E-state index contributed by atoms with van der Waals surface area (Å²) in [6.07, 6.45) is 3.99. The van der Waals surface area contributed by atoms with Crippen LogP contribution in [-0.2, 0) is 21.5 Å². The first kappa shape index (κ1) is 26.2. The molecule has 1 saturated carbocycles. The number of ether oxygens (including phenoxy) is 1. The fraction of sp³-hybridized carbons (Fsp3) is 0.344. The molecule has 7 nitrogen and oxygen atoms in total. The molecule has 214 valence electrons. The van der Waals surface area contributed by atoms with E-state index in [1.54, 1.807) is 36.4 Å². The van der Waals surface area contributed by atoms with Gasteiger partial charge in [-0.15, -0.1) is 0 Å². The Balaban J connectivity index is 1.39. The number of carbonyl (C=O) groups is 2. The van der Waals surface area contributed by atoms with Crippen molar-refractivity contribution in [2.75, 3.05) is 19.0 Å². The number of rotatable bonds is 4. The van der Waals surface area contributed by atoms with Gasteiger partial charge >= 0.3 is 5.97 Å². The molecule has 1 aromatic heterocycles. The van der Waals surface area contributed by atoms with Crippen molar-refractivity contribution in [1.29, 1.82) is 0 Å². The topological polar surface area (TPSA) is 76.5 Å². The quantitative estimate of drug-likeness (QED) is 0.270. The molecule has 1 saturated heterocycles. The summed E-state index contributed by atoms with van der Waals surface area (Å²) >= 11 is 12.8. The van der Waals surface area contributed by atoms with Crippen molar-refractivity contribution in [3.8, 4) is 0 Å². The Bertz CT molecular complexity index is 1820. The maximum Gasteiger partial charge on any atom is 0.337 e. The monoisotopic (exact) mass is 604 g/mol. The van der Waals surface area contributed by atoms with Crippen LogP contribution in [0, 0.1) is 11.7 Å². The normalized spacial score (nSPS) is 26.3. The van der Waals surface area contributed by atoms with Crippen molar-refractivity contribution in [2.24, 2.45) is 5.92 Å². The molecule has 3 aromatic carbocycles. The highest BCUT2D eigenvalue weighted by atomic mass is 35.5. The number of methoxy groups -OCH3 is 1. The Morgan fingerprint density at radius 2 is 2.00 bits per heavy atom. The zero-order valence-corrected chi connectivity index (χ0v) is 24.3. The molecule has 0 unspecified atom stereocenters. The number of amides is 1. The molecule has 42 heavy (non-hydrogen) atoms. The standard InChI is InChI=1S/C32H27Cl2FN4O3/c1-42-30(40)17-8-10-19-23(12-17)37-39-25(19)14-26-29(39)27(20-6-3-7-22(34)28(20)35)32(38(26)15-16-4-2-5-16)21-11-9-18(33)13-24(21)36-31(32)41/h3,6-13,16,26-27,29H,2,4-5,14-15H2,1H3,(H,36,41)/t26-,27-,29+,32+/m0/s1. The van der Waals surface area contributed by atoms with Crippen LogP contribution < -0.4 is 5.32 Å². The minimum atomic E-state index is -1.19. The van der Waals surface area contributed by atoms with Crippen LogP contribution in [0.3, 0.4) is 0 Å². The van der Waals surface area contributed by atoms with Crippen molar-refractivity contribution in [1.82, 2.24) is 14.7 Å². The van der Waals surface area contributed by atoms with Crippen LogP contribution in [0.25, 0.3) is 10.9 Å². The molecule has 8 rings (SSSR count). The maximum absolute atomic E-state index is 16.2. The number of esters is 1. The summed E-state index contributed by atoms with van der Waals surface area (Å²) in [4.78, 5) is 29.1. The number of nitrogens with zero attached hydrogens (tertiary/aromatic N) is 3. The average molecular weight is 605 g/mol. The second-order valence-electron chi connectivity index (χ2n) is 11.9. The van der Waals surface area contributed by atoms with Crippen molar-refractivity contribution in [2.45, 2.75) is 49.2 Å². The summed E-state index contributed by atoms with van der Waals surface area (Å²) in [5.74, 6) is -1.35. The lowest BCUT2D eigenvalue weighted by Gasteiger charge is -2.43. The van der Waals surface area contributed by atoms with Gasteiger partial charge in [-0.25, -0.2) is 9.18 Å². The van der Waals surface area contributed by atoms with Gasteiger partial charge < -0.3 is 10.1 Å². The lowest BCUT2D eigenvalue weighted by Crippen LogP contribution is -2.54. The van der Waals surface area contributed by atoms with Crippen LogP contribution in [-0.4, -0.2) is 46.3 Å². The molecule has 4 atom stereocenters. The van der Waals surface area contributed by atoms with E-state index in [1.807, 2.05) is 16.8 Å². The number of fused-ring (bicyclic) bond motifs is 7. The first-order chi connectivity index (χ1) is 20.3. The summed E-state index contributed by atoms with van der Waals surface area (Å²) in [5.41, 5.74) is 2.70. The fourth-order valence-electron chi connectivity index (χ4n) is 7.97. The summed E-state index contributed by atoms with van der Waals surface area (Å²) in [6.45, 7) is 0.713. The van der Waals surface area contributed by atoms with Crippen LogP contribution in [0.15, 0.2) is 54.6 Å². The number of carbonyl (C=O) groups excluding carboxylic acids is 2. The maximum atomic E-state index is 16.2. The highest BCUT2D eigenvalue weighted by Gasteiger charge is 2.69. The predicted octanol–water partition coefficient (Wildman–Crippen LogP) is 6.48. The number of hydrogen-bond acceptors (Lipinski definition) is 5. The third kappa shape index (κ3) is 3.40. The van der Waals surface area contributed by atoms with Gasteiger partial charge in [0.05, 0.1) is 29.3 Å². The number of anilines is 1. The van der Waals surface area contributed by atoms with E-state index in [2.05, 4.69) is 10.2 Å². The average Bonchev–Trinajstić information content (AvgIpc) is 3.64. The van der Waals surface area contributed by atoms with Crippen LogP contribution in [0.2, 0.25) is 10.0 Å². The van der Waals surface area contributed by atoms with Crippen LogP contribution in [0.1, 0.15) is 58.4 Å². The van der Waals surface area contributed by atoms with E-state index in [9.17, 15) is 9.59 Å². The van der Waals surface area contributed by atoms with E-state index in [0.717, 1.165) is 29.5 Å². The molecule has 0 radical (unpaired) electrons. The highest BCUT2D eigenvalue weighted by molar-refractivity contribution is 6.31. The number of benzene rings is 3. The fourth-order valence-corrected chi connectivity index (χ4v) is 8.32. The molecule has 1 amide bonds. The predicted molar refractivity (Wildman–Crippen MR) is 158 cm³/mol. The van der Waals surface area contributed by atoms with Gasteiger partial charge in [-0.1, -0.05) is 53.9 Å². The molecule has 2 fully saturated rings. The van der Waals surface area contributed by atoms with E-state index >= 15 is 4.39 Å². The Hall–Kier alpha value is -3.46. The van der Waals surface area contributed by atoms with Crippen molar-refractivity contribution in [3.05, 3.63) is 92.8 Å². The molecule has 4 heterocycles. The lowest BCUT2D eigenvalue weighted by molar-refractivity contribution is -0.128. The van der Waals surface area contributed by atoms with E-state index in [-0.39, 0.29) is 23.0 Å². The smallest absolute Gasteiger partial charge is 0.337 e. The van der Waals surface area contributed by atoms with E-state index < -0.39 is 23.2 Å². The second-order valence-corrected chi connectivity index (χ2v) is 12.7. The molecule has 3 aliphatic heterocycles. The number of nitrogens with one attached hydrogen (secondary N) is 1. The molecule has 1 aliphatic carbocycles. The minimum absolute atomic E-state index is 0.0120. The molecule has 1 spiro atoms. The number of aromatic nitrogens is 2. The first-order valence-corrected chi connectivity index (χ1v) is 15.0. The van der Waals surface area contributed by atoms with E-state index in [4.69, 9.17) is 33.0 Å². The second kappa shape index (κ2) is 9.27. The summed E-state index contributed by atoms with van der Waals surface area (Å²) in [7, 11) is 1.35. The lowest BCUT2D eigenvalue weighted by atomic mass is 9.73. The Morgan fingerprint density at radius 3 is 2.76 bits per heavy atom. The molecular weight excluding hydrogens is 578 g/mol. The third-order valence-corrected chi connectivity index (χ3v) is 10.5. The van der Waals surface area contributed by atoms with Crippen molar-refractivity contribution < 1.29 is 18.7 Å². The van der Waals surface area contributed by atoms with Gasteiger partial charge in [-0.3, -0.25) is 14.4 Å². The SMILES string of the molecule is COC(=O)c1ccc2c3n(nc2c1)[C@@H]1[C@H](C3)N(CC2CCC2)[C@@]2(C(=O)Nc3cc(Cl)ccc32)[C@H]1c1cccc(Cl)c1F. The Morgan fingerprint density at radius 1 is 1.17 bits per heavy atom. The largest absolute Gasteiger partial charge is 0.465 e. The summed E-state index contributed by atoms with van der Waals surface area (Å²) in [6, 6.07) is 15.4. The molecule has 4 aromatic rings. The minimum Gasteiger partial charge on any atom is -0.465 e. The van der Waals surface area contributed by atoms with Gasteiger partial charge in [0.2, 0.25) is 5.91 Å². The van der Waals surface area contributed by atoms with Crippen LogP contribution in [0.5, 0.6) is 0 Å². The van der Waals surface area contributed by atoms with Gasteiger partial charge in [0.25, 0.3) is 0 Å². The zero-order valence-electron chi connectivity index (χ0n) is 22.7. The van der Waals surface area contributed by atoms with Gasteiger partial charge in [0.1, 0.15) is 11.4 Å². The van der Waals surface area contributed by atoms with Crippen LogP contribution in [0.4, 0.5) is 10.1 Å². The van der Waals surface area contributed by atoms with Crippen LogP contribution >= 0.6 is 23.2 Å². The molecule has 1 N–H and O–H groups in total. The molecular formula is C32H27Cl2FN4O3. The zero-order chi connectivity index (χ0) is 28.9. The third-order valence-electron chi connectivity index (χ3n) is 9.93. The molecule has 0 bridgehead atoms. The van der Waals surface area contributed by atoms with E-state index in [1.165, 1.54) is 19.6 Å². The number of likely N-dealkylation sites (tertiary alicyclic amines) is 1. The number of halogens is 3. The van der Waals surface area contributed by atoms with Crippen molar-refractivity contribution >= 4 is 51.7 Å². The summed E-state index contributed by atoms with van der Waals surface area (Å²) in [5, 5.41) is 9.58. The Labute approximate surface area is 251 Å². The van der Waals surface area contributed by atoms with Crippen molar-refractivity contribution in [3.63, 3.8) is 0 Å². The molecule has 4 aliphatic rings. The Kier molecular flexibility index (Phi) is 5.78. The van der Waals surface area contributed by atoms with Gasteiger partial charge in [0, 0.05) is 52.3 Å². The molecule has 10 heteroatoms. The van der Waals surface area contributed by atoms with E-state index in [0.29, 0.717) is 46.2 Å².